The van der Waals surface area contributed by atoms with Crippen molar-refractivity contribution in [1.82, 2.24) is 0 Å². The summed E-state index contributed by atoms with van der Waals surface area (Å²) in [4.78, 5) is 0. The summed E-state index contributed by atoms with van der Waals surface area (Å²) in [5, 5.41) is 31.9. The molecule has 19 rings (SSSR count). The van der Waals surface area contributed by atoms with Crippen LogP contribution in [0.1, 0.15) is 7.43 Å². The van der Waals surface area contributed by atoms with Gasteiger partial charge < -0.3 is 27.3 Å². The lowest BCUT2D eigenvalue weighted by Crippen LogP contribution is -2.00. The maximum atomic E-state index is 8.80. The van der Waals surface area contributed by atoms with E-state index in [1.807, 2.05) is 66.7 Å². The van der Waals surface area contributed by atoms with Crippen LogP contribution in [0.15, 0.2) is 287 Å². The summed E-state index contributed by atoms with van der Waals surface area (Å²) >= 11 is 7.04. The highest BCUT2D eigenvalue weighted by Crippen LogP contribution is 2.44. The first kappa shape index (κ1) is 53.3. The zero-order valence-corrected chi connectivity index (χ0v) is 49.3. The highest BCUT2D eigenvalue weighted by molar-refractivity contribution is 9.10. The van der Waals surface area contributed by atoms with Crippen LogP contribution in [-0.4, -0.2) is 12.7 Å². The number of hydrogen-bond donors (Lipinski definition) is 1. The third kappa shape index (κ3) is 8.87. The van der Waals surface area contributed by atoms with Gasteiger partial charge in [0, 0.05) is 57.4 Å². The second-order valence-electron chi connectivity index (χ2n) is 22.0. The van der Waals surface area contributed by atoms with E-state index < -0.39 is 0 Å². The average Bonchev–Trinajstić information content (AvgIpc) is 1.64. The van der Waals surface area contributed by atoms with E-state index in [4.69, 9.17) is 27.3 Å². The van der Waals surface area contributed by atoms with Crippen LogP contribution in [0.25, 0.3) is 175 Å². The molecule has 0 fully saturated rings. The molecule has 0 spiro atoms. The zero-order valence-electron chi connectivity index (χ0n) is 46.1. The van der Waals surface area contributed by atoms with Crippen molar-refractivity contribution in [2.24, 2.45) is 0 Å². The minimum absolute atomic E-state index is 0. The maximum Gasteiger partial charge on any atom is 0.569 e. The van der Waals surface area contributed by atoms with Gasteiger partial charge in [-0.2, -0.15) is 0 Å². The van der Waals surface area contributed by atoms with Crippen molar-refractivity contribution in [2.75, 3.05) is 0 Å². The molecule has 0 aliphatic carbocycles. The number of furan rings is 4. The Morgan fingerprint density at radius 2 is 0.557 bits per heavy atom. The number of halogens is 2. The van der Waals surface area contributed by atoms with Crippen LogP contribution < -0.4 is 4.65 Å². The first-order valence-corrected chi connectivity index (χ1v) is 30.3. The Balaban J connectivity index is 0.000000128. The van der Waals surface area contributed by atoms with Crippen molar-refractivity contribution in [3.8, 4) is 28.0 Å². The van der Waals surface area contributed by atoms with E-state index in [1.165, 1.54) is 70.7 Å². The second-order valence-corrected chi connectivity index (χ2v) is 23.9. The fourth-order valence-electron chi connectivity index (χ4n) is 13.1. The van der Waals surface area contributed by atoms with Crippen molar-refractivity contribution < 1.29 is 27.3 Å². The predicted octanol–water partition coefficient (Wildman–Crippen LogP) is 24.0. The third-order valence-electron chi connectivity index (χ3n) is 17.1. The smallest absolute Gasteiger partial charge is 0.537 e. The number of rotatable bonds is 4. The van der Waals surface area contributed by atoms with Crippen molar-refractivity contribution in [2.45, 2.75) is 7.43 Å². The predicted molar refractivity (Wildman–Crippen MR) is 375 cm³/mol. The molecule has 4 aromatic heterocycles. The van der Waals surface area contributed by atoms with Gasteiger partial charge in [0.05, 0.1) is 0 Å². The van der Waals surface area contributed by atoms with Crippen molar-refractivity contribution >= 4 is 192 Å². The molecular weight excluding hydrogens is 1220 g/mol. The van der Waals surface area contributed by atoms with Gasteiger partial charge in [-0.15, -0.1) is 0 Å². The van der Waals surface area contributed by atoms with Gasteiger partial charge in [0.2, 0.25) is 0 Å². The largest absolute Gasteiger partial charge is 0.569 e. The first-order valence-electron chi connectivity index (χ1n) is 28.7. The standard InChI is InChI=1S/C46H26O2.C18H8Br2O2.C14H10BO2.CH4/c1-3-11-31-27(9-1)21-37(35-15-7-5-13-33(31)35)29-17-19-43-39(23-29)41-25-46-42(26-45(41)47-43)40-24-30(18-20-44(40)48-46)38-22-28-10-2-4-12-32(28)34-14-6-8-16-36(34)38;19-9-1-3-15-11(5-9)13-7-18-14(8-17(13)21-15)12-6-10(20)2-4-16(12)22-18;16-15-17-14-9-10-5-1-2-6-11(10)12-7-3-4-8-13(12)14;/h1-26H;1-8H;1-9,16H;1H4. The van der Waals surface area contributed by atoms with Crippen molar-refractivity contribution in [3.05, 3.63) is 270 Å². The molecule has 0 aliphatic rings. The van der Waals surface area contributed by atoms with E-state index in [1.54, 1.807) is 0 Å². The van der Waals surface area contributed by atoms with Crippen molar-refractivity contribution in [1.29, 1.82) is 0 Å². The number of benzene rings is 15. The molecule has 88 heavy (non-hydrogen) atoms. The normalized spacial score (nSPS) is 11.7. The van der Waals surface area contributed by atoms with Crippen LogP contribution in [0.3, 0.4) is 0 Å². The third-order valence-corrected chi connectivity index (χ3v) is 18.1. The molecule has 1 N–H and O–H groups in total. The van der Waals surface area contributed by atoms with Crippen LogP contribution in [0.5, 0.6) is 5.75 Å². The zero-order chi connectivity index (χ0) is 57.9. The molecule has 417 valence electrons. The van der Waals surface area contributed by atoms with E-state index in [0.29, 0.717) is 5.75 Å². The molecule has 1 radical (unpaired) electrons. The van der Waals surface area contributed by atoms with Crippen LogP contribution in [0.4, 0.5) is 0 Å². The molecule has 0 amide bonds. The lowest BCUT2D eigenvalue weighted by molar-refractivity contribution is 0.457. The summed E-state index contributed by atoms with van der Waals surface area (Å²) in [6.07, 6.45) is 0. The molecule has 0 atom stereocenters. The molecule has 19 aromatic rings. The minimum Gasteiger partial charge on any atom is -0.537 e. The summed E-state index contributed by atoms with van der Waals surface area (Å²) in [5.41, 5.74) is 11.8. The van der Waals surface area contributed by atoms with Crippen molar-refractivity contribution in [3.63, 3.8) is 0 Å². The van der Waals surface area contributed by atoms with E-state index in [9.17, 15) is 0 Å². The first-order chi connectivity index (χ1) is 42.8. The van der Waals surface area contributed by atoms with Crippen LogP contribution >= 0.6 is 31.9 Å². The SMILES string of the molecule is Brc1ccc2oc3cc4c(cc3c2c1)oc1ccc(Br)cc14.C.O[B]Oc1cc2ccccc2c2ccccc12.c1ccc2c(c1)cc(-c1ccc3oc4cc5c(cc4c3c1)oc1ccc(-c3cc4ccccc4c4ccccc34)cc15)c1ccccc12. The van der Waals surface area contributed by atoms with Crippen LogP contribution in [0.2, 0.25) is 0 Å². The molecular formula is C79H48BBr2O6. The van der Waals surface area contributed by atoms with Crippen LogP contribution in [-0.2, 0) is 0 Å². The van der Waals surface area contributed by atoms with Gasteiger partial charge in [0.1, 0.15) is 50.4 Å². The van der Waals surface area contributed by atoms with Gasteiger partial charge in [-0.25, -0.2) is 0 Å². The van der Waals surface area contributed by atoms with Gasteiger partial charge in [-0.3, -0.25) is 0 Å². The fraction of sp³-hybridized carbons (Fsp3) is 0.0127. The average molecular weight is 1260 g/mol. The molecule has 0 unspecified atom stereocenters. The Bertz CT molecular complexity index is 5720. The van der Waals surface area contributed by atoms with Gasteiger partial charge in [-0.1, -0.05) is 197 Å². The monoisotopic (exact) mass is 1260 g/mol. The maximum absolute atomic E-state index is 8.80. The van der Waals surface area contributed by atoms with Gasteiger partial charge >= 0.3 is 7.69 Å². The Kier molecular flexibility index (Phi) is 12.9. The summed E-state index contributed by atoms with van der Waals surface area (Å²) in [6, 6.07) is 91.0. The fourth-order valence-corrected chi connectivity index (χ4v) is 13.9. The molecule has 15 aromatic carbocycles. The molecule has 0 saturated carbocycles. The Labute approximate surface area is 520 Å². The minimum atomic E-state index is 0. The Morgan fingerprint density at radius 1 is 0.261 bits per heavy atom. The Morgan fingerprint density at radius 3 is 0.943 bits per heavy atom. The van der Waals surface area contributed by atoms with E-state index in [-0.39, 0.29) is 7.43 Å². The quantitative estimate of drug-likeness (QED) is 0.140. The lowest BCUT2D eigenvalue weighted by Gasteiger charge is -2.11. The summed E-state index contributed by atoms with van der Waals surface area (Å²) < 4.78 is 32.2. The molecule has 0 aliphatic heterocycles. The topological polar surface area (TPSA) is 82.0 Å². The summed E-state index contributed by atoms with van der Waals surface area (Å²) in [6.45, 7) is 0. The van der Waals surface area contributed by atoms with Gasteiger partial charge in [0.25, 0.3) is 0 Å². The van der Waals surface area contributed by atoms with Crippen LogP contribution in [0, 0.1) is 0 Å². The molecule has 0 saturated heterocycles. The van der Waals surface area contributed by atoms with Gasteiger partial charge in [-0.05, 0) is 185 Å². The molecule has 0 bridgehead atoms. The van der Waals surface area contributed by atoms with E-state index >= 15 is 0 Å². The Hall–Kier alpha value is -10.2. The molecule has 4 heterocycles. The van der Waals surface area contributed by atoms with Gasteiger partial charge in [0.15, 0.2) is 0 Å². The second kappa shape index (κ2) is 21.4. The summed E-state index contributed by atoms with van der Waals surface area (Å²) in [7, 11) is 0.719. The van der Waals surface area contributed by atoms with E-state index in [0.717, 1.165) is 121 Å². The van der Waals surface area contributed by atoms with E-state index in [2.05, 4.69) is 226 Å². The number of hydrogen-bond acceptors (Lipinski definition) is 6. The highest BCUT2D eigenvalue weighted by Gasteiger charge is 2.19. The molecule has 9 heteroatoms. The number of fused-ring (bicyclic) bond motifs is 21. The lowest BCUT2D eigenvalue weighted by atomic mass is 9.92. The highest BCUT2D eigenvalue weighted by atomic mass is 79.9. The summed E-state index contributed by atoms with van der Waals surface area (Å²) in [5.74, 6) is 0.668. The molecule has 6 nitrogen and oxygen atoms in total.